The third kappa shape index (κ3) is 3.85. The van der Waals surface area contributed by atoms with Crippen molar-refractivity contribution < 1.29 is 0 Å². The highest BCUT2D eigenvalue weighted by Gasteiger charge is 2.30. The van der Waals surface area contributed by atoms with E-state index in [1.807, 2.05) is 23.5 Å². The molecule has 1 aromatic heterocycles. The fraction of sp³-hybridized carbons (Fsp3) is 0.471. The highest BCUT2D eigenvalue weighted by molar-refractivity contribution is 7.15. The summed E-state index contributed by atoms with van der Waals surface area (Å²) in [6.07, 6.45) is 2.57. The maximum absolute atomic E-state index is 5.97. The first-order valence-corrected chi connectivity index (χ1v) is 8.62. The van der Waals surface area contributed by atoms with Crippen molar-refractivity contribution >= 4 is 22.9 Å². The molecule has 0 radical (unpaired) electrons. The van der Waals surface area contributed by atoms with Crippen LogP contribution in [0.25, 0.3) is 10.6 Å². The Hall–Kier alpha value is -0.900. The second-order valence-electron chi connectivity index (χ2n) is 6.71. The van der Waals surface area contributed by atoms with Crippen LogP contribution in [0, 0.1) is 0 Å². The lowest BCUT2D eigenvalue weighted by atomic mass is 10.1. The predicted octanol–water partition coefficient (Wildman–Crippen LogP) is 5.23. The van der Waals surface area contributed by atoms with Crippen LogP contribution in [0.3, 0.4) is 0 Å². The molecule has 2 aromatic rings. The summed E-state index contributed by atoms with van der Waals surface area (Å²) < 4.78 is 0. The quantitative estimate of drug-likeness (QED) is 0.834. The average Bonchev–Trinajstić information content (AvgIpc) is 3.17. The molecule has 4 heteroatoms. The molecule has 0 amide bonds. The zero-order valence-corrected chi connectivity index (χ0v) is 14.3. The number of aromatic nitrogens is 1. The summed E-state index contributed by atoms with van der Waals surface area (Å²) in [6, 6.07) is 7.97. The lowest BCUT2D eigenvalue weighted by Crippen LogP contribution is -2.35. The molecular weight excluding hydrogens is 300 g/mol. The monoisotopic (exact) mass is 320 g/mol. The first kappa shape index (κ1) is 15.0. The van der Waals surface area contributed by atoms with Gasteiger partial charge in [0.05, 0.1) is 5.69 Å². The topological polar surface area (TPSA) is 24.9 Å². The normalized spacial score (nSPS) is 15.4. The van der Waals surface area contributed by atoms with Gasteiger partial charge in [-0.2, -0.15) is 0 Å². The number of nitrogens with zero attached hydrogens (tertiary/aromatic N) is 1. The van der Waals surface area contributed by atoms with Gasteiger partial charge >= 0.3 is 0 Å². The number of rotatable bonds is 4. The van der Waals surface area contributed by atoms with Gasteiger partial charge in [0.25, 0.3) is 0 Å². The van der Waals surface area contributed by atoms with Crippen molar-refractivity contribution in [2.24, 2.45) is 0 Å². The van der Waals surface area contributed by atoms with E-state index < -0.39 is 0 Å². The number of thiazole rings is 1. The molecule has 1 saturated carbocycles. The van der Waals surface area contributed by atoms with Crippen LogP contribution in [-0.4, -0.2) is 10.5 Å². The molecule has 0 aliphatic heterocycles. The molecule has 0 saturated heterocycles. The maximum Gasteiger partial charge on any atom is 0.123 e. The third-order valence-electron chi connectivity index (χ3n) is 3.56. The minimum Gasteiger partial charge on any atom is -0.307 e. The summed E-state index contributed by atoms with van der Waals surface area (Å²) in [5.74, 6) is 0.680. The van der Waals surface area contributed by atoms with Gasteiger partial charge in [-0.25, -0.2) is 4.98 Å². The van der Waals surface area contributed by atoms with E-state index >= 15 is 0 Å². The van der Waals surface area contributed by atoms with E-state index in [0.717, 1.165) is 22.1 Å². The average molecular weight is 321 g/mol. The van der Waals surface area contributed by atoms with Gasteiger partial charge in [0.15, 0.2) is 0 Å². The van der Waals surface area contributed by atoms with Crippen LogP contribution in [0.4, 0.5) is 0 Å². The minimum atomic E-state index is 0.130. The summed E-state index contributed by atoms with van der Waals surface area (Å²) in [7, 11) is 0. The van der Waals surface area contributed by atoms with Crippen LogP contribution in [0.15, 0.2) is 24.3 Å². The van der Waals surface area contributed by atoms with Gasteiger partial charge in [0.2, 0.25) is 0 Å². The Kier molecular flexibility index (Phi) is 4.08. The van der Waals surface area contributed by atoms with E-state index in [9.17, 15) is 0 Å². The molecule has 1 N–H and O–H groups in total. The van der Waals surface area contributed by atoms with Crippen LogP contribution in [0.2, 0.25) is 5.02 Å². The number of hydrogen-bond acceptors (Lipinski definition) is 3. The molecule has 112 valence electrons. The lowest BCUT2D eigenvalue weighted by Gasteiger charge is -2.20. The first-order valence-electron chi connectivity index (χ1n) is 7.43. The molecule has 1 fully saturated rings. The van der Waals surface area contributed by atoms with E-state index in [2.05, 4.69) is 38.2 Å². The van der Waals surface area contributed by atoms with Crippen molar-refractivity contribution in [3.63, 3.8) is 0 Å². The molecule has 2 nitrogen and oxygen atoms in total. The summed E-state index contributed by atoms with van der Waals surface area (Å²) in [5.41, 5.74) is 2.60. The maximum atomic E-state index is 5.97. The number of nitrogens with one attached hydrogen (secondary N) is 1. The van der Waals surface area contributed by atoms with Gasteiger partial charge in [-0.05, 0) is 45.7 Å². The molecule has 0 atom stereocenters. The summed E-state index contributed by atoms with van der Waals surface area (Å²) in [5, 5.41) is 5.47. The highest BCUT2D eigenvalue weighted by Crippen LogP contribution is 2.44. The highest BCUT2D eigenvalue weighted by atomic mass is 35.5. The largest absolute Gasteiger partial charge is 0.307 e. The van der Waals surface area contributed by atoms with Crippen molar-refractivity contribution in [3.8, 4) is 10.6 Å². The zero-order valence-electron chi connectivity index (χ0n) is 12.7. The van der Waals surface area contributed by atoms with E-state index in [4.69, 9.17) is 16.6 Å². The summed E-state index contributed by atoms with van der Waals surface area (Å²) in [4.78, 5) is 6.29. The third-order valence-corrected chi connectivity index (χ3v) is 4.93. The lowest BCUT2D eigenvalue weighted by molar-refractivity contribution is 0.425. The standard InChI is InChI=1S/C17H21ClN2S/c1-17(2,3)19-10-14-15(11-4-5-11)20-16(21-14)12-6-8-13(18)9-7-12/h6-9,11,19H,4-5,10H2,1-3H3. The second kappa shape index (κ2) is 5.71. The Bertz CT molecular complexity index is 621. The van der Waals surface area contributed by atoms with E-state index in [1.165, 1.54) is 23.4 Å². The van der Waals surface area contributed by atoms with E-state index in [0.29, 0.717) is 5.92 Å². The van der Waals surface area contributed by atoms with Gasteiger partial charge in [0.1, 0.15) is 5.01 Å². The van der Waals surface area contributed by atoms with Crippen molar-refractivity contribution in [3.05, 3.63) is 39.9 Å². The fourth-order valence-electron chi connectivity index (χ4n) is 2.23. The smallest absolute Gasteiger partial charge is 0.123 e. The Morgan fingerprint density at radius 1 is 1.24 bits per heavy atom. The van der Waals surface area contributed by atoms with Crippen LogP contribution in [0.1, 0.15) is 50.1 Å². The number of halogens is 1. The van der Waals surface area contributed by atoms with Crippen molar-refractivity contribution in [2.45, 2.75) is 51.6 Å². The number of benzene rings is 1. The Balaban J connectivity index is 1.87. The van der Waals surface area contributed by atoms with Crippen LogP contribution >= 0.6 is 22.9 Å². The van der Waals surface area contributed by atoms with Crippen molar-refractivity contribution in [1.29, 1.82) is 0 Å². The molecule has 1 aliphatic carbocycles. The van der Waals surface area contributed by atoms with Gasteiger partial charge in [-0.3, -0.25) is 0 Å². The van der Waals surface area contributed by atoms with Gasteiger partial charge < -0.3 is 5.32 Å². The Morgan fingerprint density at radius 2 is 1.90 bits per heavy atom. The fourth-order valence-corrected chi connectivity index (χ4v) is 3.45. The Labute approximate surface area is 135 Å². The van der Waals surface area contributed by atoms with Gasteiger partial charge in [-0.1, -0.05) is 23.7 Å². The SMILES string of the molecule is CC(C)(C)NCc1sc(-c2ccc(Cl)cc2)nc1C1CC1. The van der Waals surface area contributed by atoms with Crippen LogP contribution < -0.4 is 5.32 Å². The van der Waals surface area contributed by atoms with Gasteiger partial charge in [0, 0.05) is 33.5 Å². The number of hydrogen-bond donors (Lipinski definition) is 1. The Morgan fingerprint density at radius 3 is 2.48 bits per heavy atom. The van der Waals surface area contributed by atoms with E-state index in [-0.39, 0.29) is 5.54 Å². The molecule has 0 spiro atoms. The van der Waals surface area contributed by atoms with Crippen molar-refractivity contribution in [1.82, 2.24) is 10.3 Å². The van der Waals surface area contributed by atoms with E-state index in [1.54, 1.807) is 0 Å². The molecule has 1 heterocycles. The molecule has 0 unspecified atom stereocenters. The minimum absolute atomic E-state index is 0.130. The molecule has 0 bridgehead atoms. The first-order chi connectivity index (χ1) is 9.92. The molecule has 21 heavy (non-hydrogen) atoms. The molecule has 1 aliphatic rings. The summed E-state index contributed by atoms with van der Waals surface area (Å²) >= 11 is 7.78. The van der Waals surface area contributed by atoms with Gasteiger partial charge in [-0.15, -0.1) is 11.3 Å². The molecular formula is C17H21ClN2S. The zero-order chi connectivity index (χ0) is 15.0. The van der Waals surface area contributed by atoms with Crippen LogP contribution in [-0.2, 0) is 6.54 Å². The summed E-state index contributed by atoms with van der Waals surface area (Å²) in [6.45, 7) is 7.50. The molecule has 1 aromatic carbocycles. The van der Waals surface area contributed by atoms with Crippen LogP contribution in [0.5, 0.6) is 0 Å². The predicted molar refractivity (Wildman–Crippen MR) is 91.1 cm³/mol. The molecule has 3 rings (SSSR count). The van der Waals surface area contributed by atoms with Crippen molar-refractivity contribution in [2.75, 3.05) is 0 Å². The second-order valence-corrected chi connectivity index (χ2v) is 8.23.